The van der Waals surface area contributed by atoms with Crippen LogP contribution >= 0.6 is 0 Å². The van der Waals surface area contributed by atoms with Gasteiger partial charge in [0.25, 0.3) is 0 Å². The van der Waals surface area contributed by atoms with E-state index in [0.29, 0.717) is 12.5 Å². The predicted octanol–water partition coefficient (Wildman–Crippen LogP) is 4.92. The molecule has 1 heterocycles. The Kier molecular flexibility index (Phi) is 6.75. The lowest BCUT2D eigenvalue weighted by Gasteiger charge is -2.13. The summed E-state index contributed by atoms with van der Waals surface area (Å²) in [6.45, 7) is 9.54. The minimum Gasteiger partial charge on any atom is -0.472 e. The first-order valence-corrected chi connectivity index (χ1v) is 8.61. The largest absolute Gasteiger partial charge is 0.472 e. The highest BCUT2D eigenvalue weighted by molar-refractivity contribution is 5.66. The summed E-state index contributed by atoms with van der Waals surface area (Å²) in [5.74, 6) is 0.640. The van der Waals surface area contributed by atoms with E-state index in [-0.39, 0.29) is 0 Å². The van der Waals surface area contributed by atoms with Gasteiger partial charge in [0.15, 0.2) is 0 Å². The molecule has 0 atom stereocenters. The number of hydrogen-bond donors (Lipinski definition) is 0. The molecule has 25 heavy (non-hydrogen) atoms. The molecule has 2 rings (SSSR count). The summed E-state index contributed by atoms with van der Waals surface area (Å²) in [5, 5.41) is 0. The lowest BCUT2D eigenvalue weighted by Crippen LogP contribution is -2.14. The van der Waals surface area contributed by atoms with E-state index < -0.39 is 0 Å². The molecule has 0 unspecified atom stereocenters. The molecule has 0 bridgehead atoms. The van der Waals surface area contributed by atoms with Gasteiger partial charge < -0.3 is 9.64 Å². The normalized spacial score (nSPS) is 11.4. The van der Waals surface area contributed by atoms with Crippen molar-refractivity contribution in [1.29, 1.82) is 0 Å². The fourth-order valence-electron chi connectivity index (χ4n) is 2.29. The van der Waals surface area contributed by atoms with Crippen molar-refractivity contribution in [3.05, 3.63) is 58.8 Å². The number of ether oxygens (including phenoxy) is 1. The van der Waals surface area contributed by atoms with E-state index in [1.54, 1.807) is 0 Å². The van der Waals surface area contributed by atoms with E-state index in [1.165, 1.54) is 11.1 Å². The summed E-state index contributed by atoms with van der Waals surface area (Å²) in [6.07, 6.45) is 5.82. The Morgan fingerprint density at radius 3 is 2.68 bits per heavy atom. The third kappa shape index (κ3) is 5.18. The Morgan fingerprint density at radius 2 is 2.00 bits per heavy atom. The summed E-state index contributed by atoms with van der Waals surface area (Å²) in [6, 6.07) is 10.3. The number of aryl methyl sites for hydroxylation is 2. The number of pyridine rings is 1. The molecule has 0 N–H and O–H groups in total. The topological polar surface area (TPSA) is 37.7 Å². The van der Waals surface area contributed by atoms with Gasteiger partial charge in [0.1, 0.15) is 6.61 Å². The monoisotopic (exact) mass is 337 g/mol. The van der Waals surface area contributed by atoms with Gasteiger partial charge in [-0.3, -0.25) is 0 Å². The highest BCUT2D eigenvalue weighted by atomic mass is 16.5. The van der Waals surface area contributed by atoms with E-state index in [0.717, 1.165) is 23.5 Å². The molecule has 1 aromatic heterocycles. The number of rotatable bonds is 7. The molecule has 0 aliphatic heterocycles. The molecule has 0 aliphatic rings. The van der Waals surface area contributed by atoms with Crippen molar-refractivity contribution in [2.75, 3.05) is 13.6 Å². The first kappa shape index (κ1) is 18.7. The van der Waals surface area contributed by atoms with E-state index in [2.05, 4.69) is 36.0 Å². The molecule has 0 aliphatic carbocycles. The van der Waals surface area contributed by atoms with Gasteiger partial charge >= 0.3 is 0 Å². The van der Waals surface area contributed by atoms with Gasteiger partial charge in [-0.2, -0.15) is 0 Å². The van der Waals surface area contributed by atoms with E-state index in [1.807, 2.05) is 62.5 Å². The van der Waals surface area contributed by atoms with Gasteiger partial charge in [-0.15, -0.1) is 0 Å². The standard InChI is InChI=1S/C21H27N3O/c1-6-10-18-13-20(22-15-24(5)7-2)17(4)23-21(18)25-14-19-12-9-8-11-16(19)3/h6,8-13,15H,7,14H2,1-5H3. The van der Waals surface area contributed by atoms with Crippen molar-refractivity contribution in [3.8, 4) is 5.88 Å². The molecule has 0 saturated heterocycles. The lowest BCUT2D eigenvalue weighted by atomic mass is 10.1. The molecule has 0 saturated carbocycles. The van der Waals surface area contributed by atoms with Gasteiger partial charge in [0.05, 0.1) is 17.7 Å². The Balaban J connectivity index is 2.27. The predicted molar refractivity (Wildman–Crippen MR) is 106 cm³/mol. The van der Waals surface area contributed by atoms with Crippen LogP contribution in [0.15, 0.2) is 41.4 Å². The smallest absolute Gasteiger partial charge is 0.221 e. The molecule has 2 aromatic rings. The van der Waals surface area contributed by atoms with Crippen LogP contribution in [0.1, 0.15) is 36.2 Å². The molecule has 4 nitrogen and oxygen atoms in total. The number of nitrogens with zero attached hydrogens (tertiary/aromatic N) is 3. The highest BCUT2D eigenvalue weighted by Gasteiger charge is 2.09. The molecule has 1 aromatic carbocycles. The van der Waals surface area contributed by atoms with Crippen LogP contribution in [0.2, 0.25) is 0 Å². The van der Waals surface area contributed by atoms with Crippen LogP contribution in [0.3, 0.4) is 0 Å². The zero-order valence-corrected chi connectivity index (χ0v) is 15.8. The van der Waals surface area contributed by atoms with Gasteiger partial charge in [-0.05, 0) is 44.9 Å². The first-order valence-electron chi connectivity index (χ1n) is 8.61. The second-order valence-electron chi connectivity index (χ2n) is 6.02. The number of benzene rings is 1. The third-order valence-corrected chi connectivity index (χ3v) is 4.04. The van der Waals surface area contributed by atoms with E-state index in [4.69, 9.17) is 4.74 Å². The second-order valence-corrected chi connectivity index (χ2v) is 6.02. The molecule has 132 valence electrons. The Hall–Kier alpha value is -2.62. The summed E-state index contributed by atoms with van der Waals surface area (Å²) < 4.78 is 6.01. The van der Waals surface area contributed by atoms with Crippen molar-refractivity contribution in [2.45, 2.75) is 34.3 Å². The summed E-state index contributed by atoms with van der Waals surface area (Å²) in [4.78, 5) is 11.2. The van der Waals surface area contributed by atoms with E-state index in [9.17, 15) is 0 Å². The van der Waals surface area contributed by atoms with Gasteiger partial charge in [-0.25, -0.2) is 9.98 Å². The molecule has 0 amide bonds. The van der Waals surface area contributed by atoms with Crippen LogP contribution in [0.25, 0.3) is 6.08 Å². The maximum atomic E-state index is 6.01. The average molecular weight is 337 g/mol. The lowest BCUT2D eigenvalue weighted by molar-refractivity contribution is 0.292. The van der Waals surface area contributed by atoms with Crippen LogP contribution in [0.5, 0.6) is 5.88 Å². The molecule has 4 heteroatoms. The van der Waals surface area contributed by atoms with Crippen LogP contribution in [-0.2, 0) is 6.61 Å². The van der Waals surface area contributed by atoms with Gasteiger partial charge in [0.2, 0.25) is 5.88 Å². The van der Waals surface area contributed by atoms with Crippen LogP contribution in [0, 0.1) is 13.8 Å². The zero-order valence-electron chi connectivity index (χ0n) is 15.8. The van der Waals surface area contributed by atoms with Crippen molar-refractivity contribution < 1.29 is 4.74 Å². The van der Waals surface area contributed by atoms with Crippen molar-refractivity contribution >= 4 is 18.1 Å². The highest BCUT2D eigenvalue weighted by Crippen LogP contribution is 2.27. The molecule has 0 spiro atoms. The SMILES string of the molecule is CC=Cc1cc(N=CN(C)CC)c(C)nc1OCc1ccccc1C. The van der Waals surface area contributed by atoms with Crippen molar-refractivity contribution in [3.63, 3.8) is 0 Å². The number of aliphatic imine (C=N–C) groups is 1. The minimum atomic E-state index is 0.505. The summed E-state index contributed by atoms with van der Waals surface area (Å²) in [7, 11) is 2.00. The Bertz CT molecular complexity index is 766. The maximum Gasteiger partial charge on any atom is 0.221 e. The van der Waals surface area contributed by atoms with Crippen molar-refractivity contribution in [2.24, 2.45) is 4.99 Å². The fraction of sp³-hybridized carbons (Fsp3) is 0.333. The zero-order chi connectivity index (χ0) is 18.2. The average Bonchev–Trinajstić information content (AvgIpc) is 2.61. The molecule has 0 radical (unpaired) electrons. The molecule has 0 fully saturated rings. The number of hydrogen-bond acceptors (Lipinski definition) is 3. The van der Waals surface area contributed by atoms with E-state index >= 15 is 0 Å². The number of aromatic nitrogens is 1. The van der Waals surface area contributed by atoms with Gasteiger partial charge in [-0.1, -0.05) is 36.4 Å². The number of allylic oxidation sites excluding steroid dienone is 1. The molecular weight excluding hydrogens is 310 g/mol. The third-order valence-electron chi connectivity index (χ3n) is 4.04. The molecular formula is C21H27N3O. The summed E-state index contributed by atoms with van der Waals surface area (Å²) in [5.41, 5.74) is 5.04. The maximum absolute atomic E-state index is 6.01. The van der Waals surface area contributed by atoms with Crippen molar-refractivity contribution in [1.82, 2.24) is 9.88 Å². The summed E-state index contributed by atoms with van der Waals surface area (Å²) >= 11 is 0. The quantitative estimate of drug-likeness (QED) is 0.531. The fourth-order valence-corrected chi connectivity index (χ4v) is 2.29. The Morgan fingerprint density at radius 1 is 1.24 bits per heavy atom. The minimum absolute atomic E-state index is 0.505. The van der Waals surface area contributed by atoms with Crippen LogP contribution in [-0.4, -0.2) is 29.8 Å². The first-order chi connectivity index (χ1) is 12.0. The Labute approximate surface area is 150 Å². The van der Waals surface area contributed by atoms with Gasteiger partial charge in [0, 0.05) is 19.2 Å². The van der Waals surface area contributed by atoms with Crippen LogP contribution in [0.4, 0.5) is 5.69 Å². The second kappa shape index (κ2) is 9.02. The van der Waals surface area contributed by atoms with Crippen LogP contribution < -0.4 is 4.74 Å².